The lowest BCUT2D eigenvalue weighted by atomic mass is 10.3. The van der Waals surface area contributed by atoms with Crippen molar-refractivity contribution in [3.63, 3.8) is 0 Å². The van der Waals surface area contributed by atoms with E-state index >= 15 is 0 Å². The van der Waals surface area contributed by atoms with E-state index in [0.29, 0.717) is 5.15 Å². The van der Waals surface area contributed by atoms with Crippen LogP contribution in [-0.4, -0.2) is 9.97 Å². The molecule has 0 aliphatic carbocycles. The van der Waals surface area contributed by atoms with Gasteiger partial charge in [0.1, 0.15) is 5.15 Å². The molecule has 0 aliphatic heterocycles. The van der Waals surface area contributed by atoms with Gasteiger partial charge in [-0.25, -0.2) is 4.98 Å². The van der Waals surface area contributed by atoms with Gasteiger partial charge in [-0.1, -0.05) is 25.4 Å². The van der Waals surface area contributed by atoms with Crippen molar-refractivity contribution in [1.82, 2.24) is 9.97 Å². The molecule has 0 amide bonds. The number of hydrogen-bond acceptors (Lipinski definition) is 1. The monoisotopic (exact) mass is 196 g/mol. The summed E-state index contributed by atoms with van der Waals surface area (Å²) in [5.41, 5.74) is 2.17. The predicted octanol–water partition coefficient (Wildman–Crippen LogP) is 3.55. The van der Waals surface area contributed by atoms with E-state index in [4.69, 9.17) is 11.6 Å². The molecule has 0 saturated heterocycles. The largest absolute Gasteiger partial charge is 0.359 e. The molecule has 0 spiro atoms. The van der Waals surface area contributed by atoms with E-state index in [1.54, 1.807) is 6.20 Å². The van der Waals surface area contributed by atoms with Crippen molar-refractivity contribution in [2.75, 3.05) is 0 Å². The van der Waals surface area contributed by atoms with Gasteiger partial charge in [0.2, 0.25) is 0 Å². The molecule has 2 heterocycles. The van der Waals surface area contributed by atoms with Gasteiger partial charge in [-0.3, -0.25) is 0 Å². The third-order valence-electron chi connectivity index (χ3n) is 1.61. The molecule has 0 fully saturated rings. The third-order valence-corrected chi connectivity index (χ3v) is 1.81. The molecule has 2 rings (SSSR count). The smallest absolute Gasteiger partial charge is 0.131 e. The van der Waals surface area contributed by atoms with E-state index in [9.17, 15) is 0 Å². The molecular weight excluding hydrogens is 184 g/mol. The van der Waals surface area contributed by atoms with Gasteiger partial charge in [-0.05, 0) is 19.1 Å². The number of fused-ring (bicyclic) bond motifs is 1. The van der Waals surface area contributed by atoms with Crippen LogP contribution < -0.4 is 0 Å². The van der Waals surface area contributed by atoms with Gasteiger partial charge in [0.05, 0.1) is 5.52 Å². The summed E-state index contributed by atoms with van der Waals surface area (Å²) < 4.78 is 0. The van der Waals surface area contributed by atoms with Crippen molar-refractivity contribution in [2.45, 2.75) is 20.8 Å². The maximum atomic E-state index is 5.70. The summed E-state index contributed by atoms with van der Waals surface area (Å²) in [5, 5.41) is 1.63. The van der Waals surface area contributed by atoms with Crippen molar-refractivity contribution < 1.29 is 0 Å². The van der Waals surface area contributed by atoms with Crippen molar-refractivity contribution in [3.05, 3.63) is 29.2 Å². The number of H-pyrrole nitrogens is 1. The van der Waals surface area contributed by atoms with Gasteiger partial charge in [0.15, 0.2) is 0 Å². The number of aromatic amines is 1. The first-order chi connectivity index (χ1) is 6.25. The Morgan fingerprint density at radius 2 is 2.00 bits per heavy atom. The Morgan fingerprint density at radius 1 is 1.31 bits per heavy atom. The molecule has 0 atom stereocenters. The maximum Gasteiger partial charge on any atom is 0.131 e. The molecule has 0 aromatic carbocycles. The highest BCUT2D eigenvalue weighted by atomic mass is 35.5. The Labute approximate surface area is 82.9 Å². The van der Waals surface area contributed by atoms with Gasteiger partial charge < -0.3 is 4.98 Å². The minimum absolute atomic E-state index is 0.527. The Kier molecular flexibility index (Phi) is 3.32. The first-order valence-electron chi connectivity index (χ1n) is 4.36. The average Bonchev–Trinajstić information content (AvgIpc) is 2.48. The number of aromatic nitrogens is 2. The first kappa shape index (κ1) is 10.1. The summed E-state index contributed by atoms with van der Waals surface area (Å²) in [6, 6.07) is 3.86. The number of halogens is 1. The second-order valence-corrected chi connectivity index (χ2v) is 2.93. The lowest BCUT2D eigenvalue weighted by molar-refractivity contribution is 1.29. The number of rotatable bonds is 0. The zero-order valence-electron chi connectivity index (χ0n) is 8.06. The second kappa shape index (κ2) is 4.28. The first-order valence-corrected chi connectivity index (χ1v) is 4.74. The van der Waals surface area contributed by atoms with Gasteiger partial charge >= 0.3 is 0 Å². The Hall–Kier alpha value is -1.02. The highest BCUT2D eigenvalue weighted by Crippen LogP contribution is 2.16. The number of aryl methyl sites for hydroxylation is 1. The SMILES string of the molecule is CC.Cc1cc2cnc(Cl)cc2[nH]1. The van der Waals surface area contributed by atoms with Crippen LogP contribution in [-0.2, 0) is 0 Å². The molecule has 2 nitrogen and oxygen atoms in total. The predicted molar refractivity (Wildman–Crippen MR) is 57.2 cm³/mol. The molecule has 3 heteroatoms. The molecule has 1 N–H and O–H groups in total. The molecule has 0 aliphatic rings. The fraction of sp³-hybridized carbons (Fsp3) is 0.300. The number of pyridine rings is 1. The molecule has 13 heavy (non-hydrogen) atoms. The van der Waals surface area contributed by atoms with E-state index in [2.05, 4.69) is 9.97 Å². The normalized spacial score (nSPS) is 9.54. The zero-order valence-corrected chi connectivity index (χ0v) is 8.81. The van der Waals surface area contributed by atoms with Crippen LogP contribution in [0.1, 0.15) is 19.5 Å². The van der Waals surface area contributed by atoms with Gasteiger partial charge in [-0.2, -0.15) is 0 Å². The van der Waals surface area contributed by atoms with Crippen LogP contribution in [0, 0.1) is 6.92 Å². The molecule has 2 aromatic heterocycles. The van der Waals surface area contributed by atoms with Gasteiger partial charge in [0, 0.05) is 17.3 Å². The average molecular weight is 197 g/mol. The summed E-state index contributed by atoms with van der Waals surface area (Å²) in [6.07, 6.45) is 1.77. The van der Waals surface area contributed by atoms with Crippen molar-refractivity contribution in [3.8, 4) is 0 Å². The summed E-state index contributed by atoms with van der Waals surface area (Å²) in [4.78, 5) is 7.14. The van der Waals surface area contributed by atoms with Gasteiger partial charge in [-0.15, -0.1) is 0 Å². The minimum Gasteiger partial charge on any atom is -0.359 e. The Bertz CT molecular complexity index is 393. The molecule has 2 aromatic rings. The van der Waals surface area contributed by atoms with E-state index in [-0.39, 0.29) is 0 Å². The lowest BCUT2D eigenvalue weighted by Gasteiger charge is -1.88. The van der Waals surface area contributed by atoms with E-state index in [1.807, 2.05) is 32.9 Å². The molecule has 70 valence electrons. The van der Waals surface area contributed by atoms with Crippen LogP contribution in [0.15, 0.2) is 18.3 Å². The quantitative estimate of drug-likeness (QED) is 0.642. The van der Waals surface area contributed by atoms with E-state index < -0.39 is 0 Å². The molecule has 0 saturated carbocycles. The van der Waals surface area contributed by atoms with Crippen LogP contribution in [0.3, 0.4) is 0 Å². The van der Waals surface area contributed by atoms with E-state index in [0.717, 1.165) is 16.6 Å². The molecular formula is C10H13ClN2. The standard InChI is InChI=1S/C8H7ClN2.C2H6/c1-5-2-6-4-10-8(9)3-7(6)11-5;1-2/h2-4,11H,1H3;1-2H3. The van der Waals surface area contributed by atoms with Crippen molar-refractivity contribution in [1.29, 1.82) is 0 Å². The fourth-order valence-electron chi connectivity index (χ4n) is 1.15. The van der Waals surface area contributed by atoms with Crippen molar-refractivity contribution >= 4 is 22.5 Å². The second-order valence-electron chi connectivity index (χ2n) is 2.55. The molecule has 0 bridgehead atoms. The summed E-state index contributed by atoms with van der Waals surface area (Å²) >= 11 is 5.70. The summed E-state index contributed by atoms with van der Waals surface area (Å²) in [6.45, 7) is 6.01. The van der Waals surface area contributed by atoms with Crippen molar-refractivity contribution in [2.24, 2.45) is 0 Å². The Morgan fingerprint density at radius 3 is 2.69 bits per heavy atom. The summed E-state index contributed by atoms with van der Waals surface area (Å²) in [5.74, 6) is 0. The topological polar surface area (TPSA) is 28.7 Å². The highest BCUT2D eigenvalue weighted by Gasteiger charge is 1.97. The Balaban J connectivity index is 0.000000396. The zero-order chi connectivity index (χ0) is 9.84. The summed E-state index contributed by atoms with van der Waals surface area (Å²) in [7, 11) is 0. The van der Waals surface area contributed by atoms with Crippen LogP contribution >= 0.6 is 11.6 Å². The van der Waals surface area contributed by atoms with Crippen LogP contribution in [0.4, 0.5) is 0 Å². The number of hydrogen-bond donors (Lipinski definition) is 1. The molecule has 0 unspecified atom stereocenters. The number of nitrogens with zero attached hydrogens (tertiary/aromatic N) is 1. The van der Waals surface area contributed by atoms with Crippen LogP contribution in [0.25, 0.3) is 10.9 Å². The third kappa shape index (κ3) is 2.22. The van der Waals surface area contributed by atoms with Crippen LogP contribution in [0.5, 0.6) is 0 Å². The lowest BCUT2D eigenvalue weighted by Crippen LogP contribution is -1.73. The minimum atomic E-state index is 0.527. The fourth-order valence-corrected chi connectivity index (χ4v) is 1.30. The number of nitrogens with one attached hydrogen (secondary N) is 1. The highest BCUT2D eigenvalue weighted by molar-refractivity contribution is 6.29. The van der Waals surface area contributed by atoms with Crippen LogP contribution in [0.2, 0.25) is 5.15 Å². The maximum absolute atomic E-state index is 5.70. The van der Waals surface area contributed by atoms with Gasteiger partial charge in [0.25, 0.3) is 0 Å². The molecule has 0 radical (unpaired) electrons. The van der Waals surface area contributed by atoms with E-state index in [1.165, 1.54) is 0 Å².